The number of aliphatic hydroxyl groups is 8. The molecule has 0 aromatic heterocycles. The zero-order valence-electron chi connectivity index (χ0n) is 22.0. The number of carbonyl (C=O) groups excluding carboxylic acids is 1. The summed E-state index contributed by atoms with van der Waals surface area (Å²) in [4.78, 5) is 13.3. The molecule has 206 valence electrons. The zero-order chi connectivity index (χ0) is 27.3. The van der Waals surface area contributed by atoms with Crippen LogP contribution in [0.15, 0.2) is 11.6 Å². The Morgan fingerprint density at radius 3 is 2.08 bits per heavy atom. The maximum absolute atomic E-state index is 13.3. The first-order chi connectivity index (χ1) is 16.3. The first-order valence-corrected chi connectivity index (χ1v) is 13.1. The predicted molar refractivity (Wildman–Crippen MR) is 129 cm³/mol. The third-order valence-corrected chi connectivity index (χ3v) is 10.9. The molecule has 3 fully saturated rings. The quantitative estimate of drug-likeness (QED) is 0.250. The first-order valence-electron chi connectivity index (χ1n) is 13.1. The average molecular weight is 513 g/mol. The lowest BCUT2D eigenvalue weighted by Crippen LogP contribution is -2.69. The summed E-state index contributed by atoms with van der Waals surface area (Å²) in [5, 5.41) is 87.3. The molecule has 0 aliphatic heterocycles. The molecule has 4 aliphatic rings. The Hall–Kier alpha value is -0.910. The van der Waals surface area contributed by atoms with Crippen LogP contribution in [0.25, 0.3) is 0 Å². The molecule has 0 unspecified atom stereocenters. The number of aliphatic hydroxyl groups excluding tert-OH is 4. The Labute approximate surface area is 212 Å². The van der Waals surface area contributed by atoms with E-state index >= 15 is 0 Å². The van der Waals surface area contributed by atoms with Crippen molar-refractivity contribution in [1.29, 1.82) is 0 Å². The minimum absolute atomic E-state index is 0.0138. The van der Waals surface area contributed by atoms with E-state index in [9.17, 15) is 45.6 Å². The van der Waals surface area contributed by atoms with Crippen molar-refractivity contribution in [2.45, 2.75) is 126 Å². The van der Waals surface area contributed by atoms with E-state index in [0.29, 0.717) is 24.8 Å². The van der Waals surface area contributed by atoms with E-state index in [1.807, 2.05) is 6.92 Å². The Morgan fingerprint density at radius 1 is 0.917 bits per heavy atom. The van der Waals surface area contributed by atoms with Crippen LogP contribution in [-0.2, 0) is 4.79 Å². The summed E-state index contributed by atoms with van der Waals surface area (Å²) >= 11 is 0. The van der Waals surface area contributed by atoms with Crippen molar-refractivity contribution in [1.82, 2.24) is 0 Å². The Balaban J connectivity index is 1.70. The van der Waals surface area contributed by atoms with Gasteiger partial charge in [-0.05, 0) is 76.4 Å². The van der Waals surface area contributed by atoms with E-state index in [0.717, 1.165) is 0 Å². The van der Waals surface area contributed by atoms with Gasteiger partial charge in [0.2, 0.25) is 0 Å². The summed E-state index contributed by atoms with van der Waals surface area (Å²) in [6.45, 7) is 7.93. The molecule has 9 nitrogen and oxygen atoms in total. The van der Waals surface area contributed by atoms with Crippen molar-refractivity contribution < 1.29 is 45.6 Å². The van der Waals surface area contributed by atoms with Crippen LogP contribution in [0.4, 0.5) is 0 Å². The fraction of sp³-hybridized carbons (Fsp3) is 0.889. The minimum Gasteiger partial charge on any atom is -0.390 e. The molecule has 3 saturated carbocycles. The average Bonchev–Trinajstić information content (AvgIpc) is 3.03. The van der Waals surface area contributed by atoms with Gasteiger partial charge in [0.05, 0.1) is 41.2 Å². The molecule has 0 radical (unpaired) electrons. The van der Waals surface area contributed by atoms with Crippen LogP contribution < -0.4 is 0 Å². The molecule has 0 aromatic carbocycles. The van der Waals surface area contributed by atoms with E-state index < -0.39 is 75.3 Å². The van der Waals surface area contributed by atoms with E-state index in [-0.39, 0.29) is 25.7 Å². The van der Waals surface area contributed by atoms with Gasteiger partial charge >= 0.3 is 0 Å². The molecule has 36 heavy (non-hydrogen) atoms. The van der Waals surface area contributed by atoms with E-state index in [1.54, 1.807) is 6.92 Å². The Kier molecular flexibility index (Phi) is 6.47. The second-order valence-electron chi connectivity index (χ2n) is 13.4. The minimum atomic E-state index is -1.85. The highest BCUT2D eigenvalue weighted by molar-refractivity contribution is 6.00. The van der Waals surface area contributed by atoms with E-state index in [4.69, 9.17) is 0 Å². The van der Waals surface area contributed by atoms with Gasteiger partial charge in [-0.3, -0.25) is 4.79 Å². The van der Waals surface area contributed by atoms with Crippen LogP contribution in [-0.4, -0.2) is 93.5 Å². The van der Waals surface area contributed by atoms with Gasteiger partial charge in [-0.1, -0.05) is 13.8 Å². The lowest BCUT2D eigenvalue weighted by atomic mass is 9.44. The smallest absolute Gasteiger partial charge is 0.187 e. The third kappa shape index (κ3) is 3.61. The van der Waals surface area contributed by atoms with Crippen molar-refractivity contribution in [2.75, 3.05) is 0 Å². The maximum atomic E-state index is 13.3. The summed E-state index contributed by atoms with van der Waals surface area (Å²) in [7, 11) is 0. The molecular weight excluding hydrogens is 468 g/mol. The van der Waals surface area contributed by atoms with Gasteiger partial charge in [0.25, 0.3) is 0 Å². The highest BCUT2D eigenvalue weighted by Crippen LogP contribution is 2.69. The number of rotatable bonds is 5. The standard InChI is InChI=1S/C27H44O9/c1-22(2,33)19(30)11-20(31)25(5,34)18-7-9-26(35)15-10-21(32)27(36)13-17(29)16(28)12-24(27,4)14(15)6-8-23(18,26)3/h10,14,16-20,28-31,33-36H,6-9,11-13H2,1-5H3/t14-,16-,17+,18-,19-,20+,23+,24+,25+,26+,27+/m0/s1. The second-order valence-corrected chi connectivity index (χ2v) is 13.4. The number of ketones is 1. The van der Waals surface area contributed by atoms with Crippen molar-refractivity contribution in [3.63, 3.8) is 0 Å². The number of hydrogen-bond donors (Lipinski definition) is 8. The summed E-state index contributed by atoms with van der Waals surface area (Å²) in [6.07, 6.45) is -2.64. The van der Waals surface area contributed by atoms with E-state index in [2.05, 4.69) is 0 Å². The molecular formula is C27H44O9. The van der Waals surface area contributed by atoms with Gasteiger partial charge in [-0.25, -0.2) is 0 Å². The number of fused-ring (bicyclic) bond motifs is 5. The molecule has 0 aromatic rings. The fourth-order valence-corrected chi connectivity index (χ4v) is 8.26. The molecule has 4 aliphatic carbocycles. The van der Waals surface area contributed by atoms with Crippen LogP contribution in [0, 0.1) is 22.7 Å². The molecule has 11 atom stereocenters. The third-order valence-electron chi connectivity index (χ3n) is 10.9. The van der Waals surface area contributed by atoms with Crippen molar-refractivity contribution >= 4 is 5.78 Å². The fourth-order valence-electron chi connectivity index (χ4n) is 8.26. The van der Waals surface area contributed by atoms with Crippen LogP contribution in [0.5, 0.6) is 0 Å². The molecule has 0 spiro atoms. The molecule has 9 heteroatoms. The van der Waals surface area contributed by atoms with Gasteiger partial charge in [-0.2, -0.15) is 0 Å². The highest BCUT2D eigenvalue weighted by atomic mass is 16.4. The van der Waals surface area contributed by atoms with Crippen LogP contribution in [0.1, 0.15) is 79.6 Å². The van der Waals surface area contributed by atoms with Crippen LogP contribution in [0.2, 0.25) is 0 Å². The monoisotopic (exact) mass is 512 g/mol. The molecule has 0 amide bonds. The van der Waals surface area contributed by atoms with Gasteiger partial charge < -0.3 is 40.9 Å². The van der Waals surface area contributed by atoms with Gasteiger partial charge in [-0.15, -0.1) is 0 Å². The van der Waals surface area contributed by atoms with Crippen molar-refractivity contribution in [2.24, 2.45) is 22.7 Å². The Morgan fingerprint density at radius 2 is 1.50 bits per heavy atom. The first kappa shape index (κ1) is 28.1. The highest BCUT2D eigenvalue weighted by Gasteiger charge is 2.71. The molecule has 4 rings (SSSR count). The SMILES string of the molecule is CC(C)(O)[C@@H](O)C[C@@H](O)[C@](C)(O)[C@H]1CC[C@@]2(O)C3=CC(=O)[C@]4(O)C[C@@H](O)[C@@H](O)C[C@]4(C)[C@H]3CC[C@]12C. The molecule has 8 N–H and O–H groups in total. The topological polar surface area (TPSA) is 179 Å². The zero-order valence-corrected chi connectivity index (χ0v) is 22.0. The van der Waals surface area contributed by atoms with Gasteiger partial charge in [0, 0.05) is 23.7 Å². The van der Waals surface area contributed by atoms with E-state index in [1.165, 1.54) is 26.8 Å². The number of hydrogen-bond acceptors (Lipinski definition) is 9. The van der Waals surface area contributed by atoms with Gasteiger partial charge in [0.1, 0.15) is 5.60 Å². The normalized spacial score (nSPS) is 48.2. The molecule has 0 saturated heterocycles. The summed E-state index contributed by atoms with van der Waals surface area (Å²) in [6, 6.07) is 0. The largest absolute Gasteiger partial charge is 0.390 e. The second kappa shape index (κ2) is 8.29. The molecule has 0 bridgehead atoms. The van der Waals surface area contributed by atoms with Crippen LogP contribution >= 0.6 is 0 Å². The predicted octanol–water partition coefficient (Wildman–Crippen LogP) is -0.0603. The number of carbonyl (C=O) groups is 1. The summed E-state index contributed by atoms with van der Waals surface area (Å²) in [5.74, 6) is -1.59. The van der Waals surface area contributed by atoms with Crippen molar-refractivity contribution in [3.05, 3.63) is 11.6 Å². The Bertz CT molecular complexity index is 940. The summed E-state index contributed by atoms with van der Waals surface area (Å²) in [5.41, 5.74) is -8.02. The lowest BCUT2D eigenvalue weighted by molar-refractivity contribution is -0.212. The lowest BCUT2D eigenvalue weighted by Gasteiger charge is -2.62. The molecule has 0 heterocycles. The van der Waals surface area contributed by atoms with Crippen molar-refractivity contribution in [3.8, 4) is 0 Å². The maximum Gasteiger partial charge on any atom is 0.187 e. The van der Waals surface area contributed by atoms with Crippen LogP contribution in [0.3, 0.4) is 0 Å². The van der Waals surface area contributed by atoms with Gasteiger partial charge in [0.15, 0.2) is 5.78 Å². The summed E-state index contributed by atoms with van der Waals surface area (Å²) < 4.78 is 0.